The Morgan fingerprint density at radius 1 is 1.18 bits per heavy atom. The van der Waals surface area contributed by atoms with Crippen LogP contribution in [0.3, 0.4) is 0 Å². The van der Waals surface area contributed by atoms with E-state index in [9.17, 15) is 10.1 Å². The van der Waals surface area contributed by atoms with E-state index in [4.69, 9.17) is 4.42 Å². The molecule has 7 heteroatoms. The van der Waals surface area contributed by atoms with Crippen LogP contribution >= 0.6 is 0 Å². The molecule has 0 spiro atoms. The van der Waals surface area contributed by atoms with Crippen molar-refractivity contribution in [1.82, 2.24) is 14.8 Å². The molecule has 0 aliphatic rings. The van der Waals surface area contributed by atoms with E-state index in [1.165, 1.54) is 0 Å². The average molecular weight is 450 g/mol. The Kier molecular flexibility index (Phi) is 5.14. The normalized spacial score (nSPS) is 12.1. The number of nitrogens with zero attached hydrogens (tertiary/aromatic N) is 4. The topological polar surface area (TPSA) is 96.7 Å². The zero-order valence-electron chi connectivity index (χ0n) is 19.4. The number of benzene rings is 2. The van der Waals surface area contributed by atoms with Crippen LogP contribution in [0.25, 0.3) is 33.2 Å². The van der Waals surface area contributed by atoms with Crippen molar-refractivity contribution in [3.05, 3.63) is 87.5 Å². The van der Waals surface area contributed by atoms with Gasteiger partial charge in [-0.15, -0.1) is 0 Å². The SMILES string of the molecule is Cc1cc([C@@H](C)Nc2cccnc2C#N)c2oc(-c3ccc4nn(C)cc4c3)c(C)c(=O)c2c1. The number of aryl methyl sites for hydroxylation is 2. The first-order valence-electron chi connectivity index (χ1n) is 11.0. The number of aromatic nitrogens is 3. The minimum Gasteiger partial charge on any atom is -0.455 e. The van der Waals surface area contributed by atoms with Gasteiger partial charge in [0.1, 0.15) is 17.4 Å². The number of pyridine rings is 1. The van der Waals surface area contributed by atoms with Crippen LogP contribution in [-0.2, 0) is 7.05 Å². The summed E-state index contributed by atoms with van der Waals surface area (Å²) in [4.78, 5) is 17.6. The van der Waals surface area contributed by atoms with E-state index in [0.29, 0.717) is 33.7 Å². The Morgan fingerprint density at radius 3 is 2.79 bits per heavy atom. The molecule has 3 heterocycles. The van der Waals surface area contributed by atoms with Crippen LogP contribution in [0.1, 0.15) is 35.3 Å². The van der Waals surface area contributed by atoms with E-state index in [1.807, 2.05) is 63.5 Å². The first-order valence-corrected chi connectivity index (χ1v) is 11.0. The first-order chi connectivity index (χ1) is 16.4. The molecule has 2 aromatic carbocycles. The molecule has 0 fully saturated rings. The van der Waals surface area contributed by atoms with Crippen LogP contribution in [0.2, 0.25) is 0 Å². The molecule has 0 bridgehead atoms. The molecule has 0 saturated carbocycles. The number of nitrogens with one attached hydrogen (secondary N) is 1. The summed E-state index contributed by atoms with van der Waals surface area (Å²) < 4.78 is 8.23. The maximum atomic E-state index is 13.4. The van der Waals surface area contributed by atoms with Crippen LogP contribution < -0.4 is 10.7 Å². The summed E-state index contributed by atoms with van der Waals surface area (Å²) in [5.41, 5.74) is 5.48. The van der Waals surface area contributed by atoms with Gasteiger partial charge in [0.15, 0.2) is 11.1 Å². The molecule has 0 saturated heterocycles. The number of fused-ring (bicyclic) bond motifs is 2. The summed E-state index contributed by atoms with van der Waals surface area (Å²) in [5.74, 6) is 0.541. The van der Waals surface area contributed by atoms with Gasteiger partial charge in [0.05, 0.1) is 22.6 Å². The van der Waals surface area contributed by atoms with Crippen molar-refractivity contribution in [2.75, 3.05) is 5.32 Å². The molecule has 168 valence electrons. The lowest BCUT2D eigenvalue weighted by atomic mass is 9.98. The average Bonchev–Trinajstić information content (AvgIpc) is 3.20. The molecule has 0 radical (unpaired) electrons. The maximum Gasteiger partial charge on any atom is 0.196 e. The van der Waals surface area contributed by atoms with Gasteiger partial charge < -0.3 is 9.73 Å². The highest BCUT2D eigenvalue weighted by Gasteiger charge is 2.20. The van der Waals surface area contributed by atoms with Crippen molar-refractivity contribution in [2.45, 2.75) is 26.8 Å². The third-order valence-electron chi connectivity index (χ3n) is 6.03. The van der Waals surface area contributed by atoms with Crippen LogP contribution in [0.15, 0.2) is 64.1 Å². The van der Waals surface area contributed by atoms with E-state index >= 15 is 0 Å². The van der Waals surface area contributed by atoms with E-state index in [0.717, 1.165) is 27.6 Å². The van der Waals surface area contributed by atoms with Crippen molar-refractivity contribution < 1.29 is 4.42 Å². The Balaban J connectivity index is 1.69. The molecule has 0 aliphatic carbocycles. The monoisotopic (exact) mass is 449 g/mol. The predicted octanol–water partition coefficient (Wildman–Crippen LogP) is 5.40. The lowest BCUT2D eigenvalue weighted by Gasteiger charge is -2.19. The second-order valence-corrected chi connectivity index (χ2v) is 8.57. The lowest BCUT2D eigenvalue weighted by molar-refractivity contribution is 0.605. The molecule has 1 N–H and O–H groups in total. The Morgan fingerprint density at radius 2 is 2.00 bits per heavy atom. The van der Waals surface area contributed by atoms with Crippen molar-refractivity contribution in [1.29, 1.82) is 5.26 Å². The number of nitriles is 1. The summed E-state index contributed by atoms with van der Waals surface area (Å²) in [6, 6.07) is 15.2. The molecule has 5 aromatic rings. The second-order valence-electron chi connectivity index (χ2n) is 8.57. The zero-order valence-corrected chi connectivity index (χ0v) is 19.4. The number of rotatable bonds is 4. The van der Waals surface area contributed by atoms with E-state index in [2.05, 4.69) is 21.5 Å². The van der Waals surface area contributed by atoms with Gasteiger partial charge in [-0.05, 0) is 62.7 Å². The van der Waals surface area contributed by atoms with Gasteiger partial charge in [0.25, 0.3) is 0 Å². The summed E-state index contributed by atoms with van der Waals surface area (Å²) >= 11 is 0. The van der Waals surface area contributed by atoms with Gasteiger partial charge in [0, 0.05) is 41.5 Å². The Bertz CT molecular complexity index is 1670. The van der Waals surface area contributed by atoms with Crippen molar-refractivity contribution in [3.63, 3.8) is 0 Å². The third-order valence-corrected chi connectivity index (χ3v) is 6.03. The Labute approximate surface area is 196 Å². The molecule has 0 unspecified atom stereocenters. The molecule has 0 amide bonds. The zero-order chi connectivity index (χ0) is 24.0. The third kappa shape index (κ3) is 3.59. The number of anilines is 1. The van der Waals surface area contributed by atoms with Gasteiger partial charge in [-0.3, -0.25) is 9.48 Å². The van der Waals surface area contributed by atoms with Crippen molar-refractivity contribution >= 4 is 27.6 Å². The molecule has 1 atom stereocenters. The van der Waals surface area contributed by atoms with Gasteiger partial charge in [-0.2, -0.15) is 10.4 Å². The van der Waals surface area contributed by atoms with Crippen LogP contribution in [-0.4, -0.2) is 14.8 Å². The standard InChI is InChI=1S/C27H23N5O2/c1-15-10-20(17(3)30-23-6-5-9-29-24(23)13-28)27-21(11-15)25(33)16(2)26(34-27)18-7-8-22-19(12-18)14-32(4)31-22/h5-12,14,17,30H,1-4H3/t17-/m1/s1. The second kappa shape index (κ2) is 8.16. The van der Waals surface area contributed by atoms with Gasteiger partial charge in [-0.1, -0.05) is 6.07 Å². The van der Waals surface area contributed by atoms with E-state index < -0.39 is 0 Å². The fourth-order valence-electron chi connectivity index (χ4n) is 4.38. The largest absolute Gasteiger partial charge is 0.455 e. The quantitative estimate of drug-likeness (QED) is 0.394. The van der Waals surface area contributed by atoms with Gasteiger partial charge >= 0.3 is 0 Å². The minimum atomic E-state index is -0.238. The molecule has 3 aromatic heterocycles. The minimum absolute atomic E-state index is 0.0567. The molecule has 0 aliphatic heterocycles. The molecule has 5 rings (SSSR count). The fraction of sp³-hybridized carbons (Fsp3) is 0.185. The lowest BCUT2D eigenvalue weighted by Crippen LogP contribution is -2.13. The smallest absolute Gasteiger partial charge is 0.196 e. The van der Waals surface area contributed by atoms with Crippen molar-refractivity contribution in [3.8, 4) is 17.4 Å². The van der Waals surface area contributed by atoms with E-state index in [1.54, 1.807) is 23.9 Å². The summed E-state index contributed by atoms with van der Waals surface area (Å²) in [7, 11) is 1.88. The van der Waals surface area contributed by atoms with Crippen molar-refractivity contribution in [2.24, 2.45) is 7.05 Å². The highest BCUT2D eigenvalue weighted by molar-refractivity contribution is 5.87. The van der Waals surface area contributed by atoms with E-state index in [-0.39, 0.29) is 11.5 Å². The molecular weight excluding hydrogens is 426 g/mol. The number of hydrogen-bond donors (Lipinski definition) is 1. The highest BCUT2D eigenvalue weighted by atomic mass is 16.3. The molecule has 7 nitrogen and oxygen atoms in total. The predicted molar refractivity (Wildman–Crippen MR) is 133 cm³/mol. The van der Waals surface area contributed by atoms with Crippen LogP contribution in [0, 0.1) is 25.2 Å². The van der Waals surface area contributed by atoms with Gasteiger partial charge in [-0.25, -0.2) is 4.98 Å². The maximum absolute atomic E-state index is 13.4. The van der Waals surface area contributed by atoms with Crippen LogP contribution in [0.5, 0.6) is 0 Å². The molecule has 34 heavy (non-hydrogen) atoms. The number of hydrogen-bond acceptors (Lipinski definition) is 6. The van der Waals surface area contributed by atoms with Gasteiger partial charge in [0.2, 0.25) is 0 Å². The summed E-state index contributed by atoms with van der Waals surface area (Å²) in [6.07, 6.45) is 3.53. The molecular formula is C27H23N5O2. The fourth-order valence-corrected chi connectivity index (χ4v) is 4.38. The summed E-state index contributed by atoms with van der Waals surface area (Å²) in [6.45, 7) is 5.73. The summed E-state index contributed by atoms with van der Waals surface area (Å²) in [5, 5.41) is 18.7. The highest BCUT2D eigenvalue weighted by Crippen LogP contribution is 2.33. The Hall–Kier alpha value is -4.44. The van der Waals surface area contributed by atoms with Crippen LogP contribution in [0.4, 0.5) is 5.69 Å². The first kappa shape index (κ1) is 21.4.